The number of rotatable bonds is 32. The molecule has 6 aliphatic rings. The molecular weight excluding hydrogens is 1520 g/mol. The number of benzene rings is 2. The number of thioether (sulfide) groups is 2. The molecule has 110 heavy (non-hydrogen) atoms. The number of nitrogens with one attached hydrogen (secondary N) is 8. The van der Waals surface area contributed by atoms with Gasteiger partial charge >= 0.3 is 59.8 Å². The summed E-state index contributed by atoms with van der Waals surface area (Å²) in [6.07, 6.45) is 6.97. The first kappa shape index (κ1) is 90.4. The minimum atomic E-state index is -1.09. The van der Waals surface area contributed by atoms with Crippen LogP contribution in [0.25, 0.3) is 0 Å². The molecule has 0 aromatic heterocycles. The molecule has 6 heterocycles. The van der Waals surface area contributed by atoms with Crippen molar-refractivity contribution >= 4 is 141 Å². The van der Waals surface area contributed by atoms with Gasteiger partial charge in [-0.05, 0) is 98.4 Å². The number of aliphatic carboxylic acids is 8. The van der Waals surface area contributed by atoms with Crippen molar-refractivity contribution in [1.29, 1.82) is 0 Å². The Morgan fingerprint density at radius 2 is 0.809 bits per heavy atom. The van der Waals surface area contributed by atoms with Crippen LogP contribution >= 0.6 is 48.0 Å². The van der Waals surface area contributed by atoms with Crippen molar-refractivity contribution in [3.8, 4) is 0 Å². The Morgan fingerprint density at radius 3 is 1.17 bits per heavy atom. The van der Waals surface area contributed by atoms with Crippen molar-refractivity contribution in [2.24, 2.45) is 4.99 Å². The fourth-order valence-corrected chi connectivity index (χ4v) is 17.1. The average Bonchev–Trinajstić information content (AvgIpc) is 1.67. The normalized spacial score (nSPS) is 22.8. The molecule has 0 saturated carbocycles. The second-order valence-corrected chi connectivity index (χ2v) is 30.5. The van der Waals surface area contributed by atoms with E-state index in [1.807, 2.05) is 47.8 Å². The number of carboxylic acids is 8. The smallest absolute Gasteiger partial charge is 0.317 e. The summed E-state index contributed by atoms with van der Waals surface area (Å²) in [6.45, 7) is 0.567. The van der Waals surface area contributed by atoms with Gasteiger partial charge in [-0.1, -0.05) is 37.1 Å². The lowest BCUT2D eigenvalue weighted by molar-refractivity contribution is -0.427. The molecule has 38 nitrogen and oxygen atoms in total. The third-order valence-electron chi connectivity index (χ3n) is 19.1. The second-order valence-electron chi connectivity index (χ2n) is 27.4. The Kier molecular flexibility index (Phi) is 39.2. The van der Waals surface area contributed by atoms with Crippen LogP contribution in [0.1, 0.15) is 62.5 Å². The van der Waals surface area contributed by atoms with Crippen molar-refractivity contribution in [3.63, 3.8) is 0 Å². The van der Waals surface area contributed by atoms with Crippen LogP contribution in [0, 0.1) is 0 Å². The van der Waals surface area contributed by atoms with Gasteiger partial charge in [0.15, 0.2) is 5.11 Å². The Labute approximate surface area is 655 Å². The molecule has 0 bridgehead atoms. The van der Waals surface area contributed by atoms with E-state index in [9.17, 15) is 98.4 Å². The minimum Gasteiger partial charge on any atom is -0.480 e. The molecule has 19 N–H and O–H groups in total. The van der Waals surface area contributed by atoms with Gasteiger partial charge < -0.3 is 67.4 Å². The van der Waals surface area contributed by atoms with Gasteiger partial charge in [0.1, 0.15) is 0 Å². The van der Waals surface area contributed by atoms with Crippen LogP contribution in [0.2, 0.25) is 0 Å². The highest BCUT2D eigenvalue weighted by Crippen LogP contribution is 2.34. The third-order valence-corrected chi connectivity index (χ3v) is 22.4. The predicted octanol–water partition coefficient (Wildman–Crippen LogP) is -1.92. The molecule has 2 aromatic rings. The minimum absolute atomic E-state index is 0.00205. The lowest BCUT2D eigenvalue weighted by Gasteiger charge is -2.37. The van der Waals surface area contributed by atoms with Crippen LogP contribution in [-0.2, 0) is 60.8 Å². The van der Waals surface area contributed by atoms with Crippen LogP contribution in [-0.4, -0.2) is 364 Å². The lowest BCUT2D eigenvalue weighted by atomic mass is 10.0. The molecule has 6 aliphatic heterocycles. The van der Waals surface area contributed by atoms with E-state index in [1.54, 1.807) is 63.5 Å². The molecule has 8 rings (SSSR count). The van der Waals surface area contributed by atoms with Crippen molar-refractivity contribution in [1.82, 2.24) is 76.7 Å². The summed E-state index contributed by atoms with van der Waals surface area (Å²) in [5.74, 6) is -3.51. The van der Waals surface area contributed by atoms with Gasteiger partial charge in [0.05, 0.1) is 87.4 Å². The van der Waals surface area contributed by atoms with Gasteiger partial charge in [-0.15, -0.1) is 0 Å². The number of hydrazine groups is 1. The number of carboxylic acid groups (broad SMARTS) is 8. The standard InChI is InChI=1S/C34H51N9O10S2.C24H33N5O8S.C10H18N4O2S/c44-27(4-2-1-3-26-32-25(21-55-26)36-33(53)37-32)38-39-34(54)35-23-7-5-22(6-8-23)15-24-16-42(19-30(49)50)12-11-40(17-28(45)46)9-10-41(18-29(47)48)13-14-43(24)20-31(51)52;30-21(31)13-26-5-6-27(14-22(32)33)9-10-29(16-24(36)37)20(12-28(8-7-26)15-23(34)35)11-18-1-3-19(4-2-18)25-17-38;11-14-8(15)4-2-1-3-7-9-6(5-17-7)12-10(16)13-9/h5-8,24-26,32H,1-4,9-21H2,(H,38,44)(H,45,46)(H,47,48)(H,49,50)(H,51,52)(H2,35,39,54)(H2,36,37,53);1-4,20H,5-16H2,(H,30,31)(H,32,33)(H,34,35)(H,36,37);6-7,9H,1-5,11H2,(H,14,15)(H2,12,13,16)/p+1. The van der Waals surface area contributed by atoms with E-state index in [2.05, 4.69) is 71.1 Å². The van der Waals surface area contributed by atoms with Crippen molar-refractivity contribution < 1.29 is 104 Å². The number of fused-ring (bicyclic) bond motifs is 2. The first-order valence-corrected chi connectivity index (χ1v) is 39.0. The monoisotopic (exact) mass is 1620 g/mol. The summed E-state index contributed by atoms with van der Waals surface area (Å²) in [5, 5.41) is 94.3. The number of hydrogen-bond donors (Lipinski definition) is 17. The molecule has 6 amide bonds. The van der Waals surface area contributed by atoms with Crippen LogP contribution in [0.15, 0.2) is 53.5 Å². The Balaban J connectivity index is 0.000000294. The molecule has 8 atom stereocenters. The van der Waals surface area contributed by atoms with Crippen molar-refractivity contribution in [2.45, 2.75) is 111 Å². The number of nitrogens with zero attached hydrogens (tertiary/aromatic N) is 9. The second kappa shape index (κ2) is 47.7. The molecule has 0 radical (unpaired) electrons. The molecule has 0 aliphatic carbocycles. The zero-order chi connectivity index (χ0) is 80.2. The molecule has 608 valence electrons. The summed E-state index contributed by atoms with van der Waals surface area (Å²) < 4.78 is 0. The van der Waals surface area contributed by atoms with E-state index in [0.29, 0.717) is 60.0 Å². The highest BCUT2D eigenvalue weighted by molar-refractivity contribution is 8.00. The zero-order valence-corrected chi connectivity index (χ0v) is 64.4. The highest BCUT2D eigenvalue weighted by atomic mass is 32.2. The number of thiocarbonyl (C=S) groups is 2. The van der Waals surface area contributed by atoms with Crippen LogP contribution in [0.4, 0.5) is 21.0 Å². The summed E-state index contributed by atoms with van der Waals surface area (Å²) >= 11 is 13.7. The number of carbonyl (C=O) groups excluding carboxylic acids is 4. The summed E-state index contributed by atoms with van der Waals surface area (Å²) in [4.78, 5) is 157. The number of urea groups is 2. The summed E-state index contributed by atoms with van der Waals surface area (Å²) in [5.41, 5.74) is 10.6. The summed E-state index contributed by atoms with van der Waals surface area (Å²) in [7, 11) is 0. The number of hydrogen-bond acceptors (Lipinski definition) is 25. The SMILES string of the molecule is O=C(O)CN1CCN(CC(=O)O)CCN(CC(=O)O)C(Cc2ccc(N=C=S)cc2)CN(CC(=O)O)CC1.O=C(O)CN1CCN(CC(=O)O)CCN(CC(=O)O)C(Cc2ccc(NC(=S)NNC(=O)CCCCC3SCC4NC(=O)NC43)cc2)CN(CC(=O)O)CC1.[NH3+]NC(=O)CCCCC1SCC2NC(=O)NC21. The number of anilines is 1. The van der Waals surface area contributed by atoms with Gasteiger partial charge in [0.2, 0.25) is 5.91 Å². The molecule has 6 fully saturated rings. The maximum atomic E-state index is 12.4. The Morgan fingerprint density at radius 1 is 0.464 bits per heavy atom. The number of unbranched alkanes of at least 4 members (excludes halogenated alkanes) is 2. The number of carbonyl (C=O) groups is 12. The van der Waals surface area contributed by atoms with Crippen LogP contribution < -0.4 is 48.7 Å². The van der Waals surface area contributed by atoms with E-state index in [0.717, 1.165) is 54.7 Å². The quantitative estimate of drug-likeness (QED) is 0.0125. The maximum Gasteiger partial charge on any atom is 0.317 e. The molecule has 0 spiro atoms. The van der Waals surface area contributed by atoms with Gasteiger partial charge in [0, 0.05) is 144 Å². The largest absolute Gasteiger partial charge is 0.480 e. The van der Waals surface area contributed by atoms with Crippen LogP contribution in [0.3, 0.4) is 0 Å². The van der Waals surface area contributed by atoms with E-state index in [1.165, 1.54) is 0 Å². The van der Waals surface area contributed by atoms with E-state index in [4.69, 9.17) is 12.2 Å². The fourth-order valence-electron chi connectivity index (χ4n) is 13.7. The van der Waals surface area contributed by atoms with Gasteiger partial charge in [-0.2, -0.15) is 28.5 Å². The number of quaternary nitrogens is 1. The first-order chi connectivity index (χ1) is 52.5. The Hall–Kier alpha value is -8.49. The fraction of sp³-hybridized carbons (Fsp3) is 0.618. The van der Waals surface area contributed by atoms with Gasteiger partial charge in [0.25, 0.3) is 5.91 Å². The first-order valence-electron chi connectivity index (χ1n) is 36.1. The highest BCUT2D eigenvalue weighted by Gasteiger charge is 2.44. The average molecular weight is 1620 g/mol. The number of amides is 6. The van der Waals surface area contributed by atoms with Gasteiger partial charge in [-0.25, -0.2) is 15.0 Å². The van der Waals surface area contributed by atoms with Crippen molar-refractivity contribution in [2.75, 3.05) is 161 Å². The third kappa shape index (κ3) is 34.4. The van der Waals surface area contributed by atoms with E-state index >= 15 is 0 Å². The van der Waals surface area contributed by atoms with E-state index < -0.39 is 59.8 Å². The predicted molar refractivity (Wildman–Crippen MR) is 412 cm³/mol. The van der Waals surface area contributed by atoms with Gasteiger partial charge in [-0.3, -0.25) is 104 Å². The van der Waals surface area contributed by atoms with Crippen LogP contribution in [0.5, 0.6) is 0 Å². The topological polar surface area (TPSA) is 529 Å². The van der Waals surface area contributed by atoms with E-state index in [-0.39, 0.29) is 191 Å². The molecule has 42 heteroatoms. The summed E-state index contributed by atoms with van der Waals surface area (Å²) in [6, 6.07) is 14.1. The molecule has 2 aromatic carbocycles. The molecule has 6 saturated heterocycles. The number of aliphatic imine (C=N–C) groups is 1. The lowest BCUT2D eigenvalue weighted by Crippen LogP contribution is -2.67. The van der Waals surface area contributed by atoms with Crippen molar-refractivity contribution in [3.05, 3.63) is 59.7 Å². The molecule has 8 unspecified atom stereocenters. The number of isothiocyanates is 1. The maximum absolute atomic E-state index is 12.4. The molecular formula is C68H103N18O20S4+. The zero-order valence-electron chi connectivity index (χ0n) is 61.1. The Bertz CT molecular complexity index is 3490.